The molecule has 0 spiro atoms. The lowest BCUT2D eigenvalue weighted by molar-refractivity contribution is 0.277. The number of pyridine rings is 3. The fraction of sp³-hybridized carbons (Fsp3) is 0.0625. The third-order valence-electron chi connectivity index (χ3n) is 2.02. The Balaban J connectivity index is 0.000000152. The number of aromatic nitrogens is 3. The molecule has 0 aliphatic carbocycles. The largest absolute Gasteiger partial charge is 0.390 e. The molecule has 0 unspecified atom stereocenters. The Morgan fingerprint density at radius 3 is 1.35 bits per heavy atom. The number of nitrogens with zero attached hydrogens (tertiary/aromatic N) is 3. The first-order valence-corrected chi connectivity index (χ1v) is 6.14. The predicted molar refractivity (Wildman–Crippen MR) is 78.6 cm³/mol. The second-order valence-corrected chi connectivity index (χ2v) is 3.53. The van der Waals surface area contributed by atoms with Crippen LogP contribution in [0.2, 0.25) is 0 Å². The standard InChI is InChI=1S/C6H7NO.2C5H5N/c8-5-6-3-1-2-4-7-6;2*1-2-4-6-5-3-1/h1-4,8H,5H2;2*1-5H. The summed E-state index contributed by atoms with van der Waals surface area (Å²) in [7, 11) is 0. The second-order valence-electron chi connectivity index (χ2n) is 3.53. The summed E-state index contributed by atoms with van der Waals surface area (Å²) in [6.07, 6.45) is 8.66. The molecule has 0 radical (unpaired) electrons. The molecule has 1 N–H and O–H groups in total. The van der Waals surface area contributed by atoms with E-state index in [2.05, 4.69) is 15.0 Å². The van der Waals surface area contributed by atoms with Crippen LogP contribution < -0.4 is 0 Å². The molecule has 102 valence electrons. The molecule has 3 aromatic heterocycles. The van der Waals surface area contributed by atoms with Crippen molar-refractivity contribution in [3.63, 3.8) is 0 Å². The summed E-state index contributed by atoms with van der Waals surface area (Å²) in [5.41, 5.74) is 0.715. The van der Waals surface area contributed by atoms with Crippen molar-refractivity contribution in [3.05, 3.63) is 91.3 Å². The van der Waals surface area contributed by atoms with E-state index in [9.17, 15) is 0 Å². The maximum absolute atomic E-state index is 8.48. The van der Waals surface area contributed by atoms with Crippen molar-refractivity contribution in [2.24, 2.45) is 0 Å². The van der Waals surface area contributed by atoms with Crippen molar-refractivity contribution < 1.29 is 5.11 Å². The van der Waals surface area contributed by atoms with E-state index >= 15 is 0 Å². The van der Waals surface area contributed by atoms with Crippen molar-refractivity contribution in [1.29, 1.82) is 0 Å². The van der Waals surface area contributed by atoms with Gasteiger partial charge < -0.3 is 5.11 Å². The van der Waals surface area contributed by atoms with Crippen LogP contribution in [-0.4, -0.2) is 20.1 Å². The van der Waals surface area contributed by atoms with Crippen molar-refractivity contribution >= 4 is 0 Å². The van der Waals surface area contributed by atoms with Gasteiger partial charge in [0.2, 0.25) is 0 Å². The van der Waals surface area contributed by atoms with Crippen LogP contribution in [0.1, 0.15) is 5.69 Å². The van der Waals surface area contributed by atoms with Crippen LogP contribution in [0.3, 0.4) is 0 Å². The van der Waals surface area contributed by atoms with Gasteiger partial charge in [0.25, 0.3) is 0 Å². The Labute approximate surface area is 118 Å². The first kappa shape index (κ1) is 15.5. The Bertz CT molecular complexity index is 433. The minimum absolute atomic E-state index is 0.0286. The third-order valence-corrected chi connectivity index (χ3v) is 2.02. The van der Waals surface area contributed by atoms with Crippen LogP contribution in [-0.2, 0) is 6.61 Å². The van der Waals surface area contributed by atoms with E-state index in [4.69, 9.17) is 5.11 Å². The average molecular weight is 267 g/mol. The molecule has 0 saturated heterocycles. The van der Waals surface area contributed by atoms with Gasteiger partial charge in [-0.15, -0.1) is 0 Å². The second kappa shape index (κ2) is 11.5. The van der Waals surface area contributed by atoms with Gasteiger partial charge in [-0.25, -0.2) is 0 Å². The molecule has 0 aliphatic rings. The highest BCUT2D eigenvalue weighted by atomic mass is 16.3. The third kappa shape index (κ3) is 8.49. The van der Waals surface area contributed by atoms with E-state index in [1.165, 1.54) is 0 Å². The summed E-state index contributed by atoms with van der Waals surface area (Å²) in [4.78, 5) is 11.4. The highest BCUT2D eigenvalue weighted by molar-refractivity contribution is 5.01. The summed E-state index contributed by atoms with van der Waals surface area (Å²) < 4.78 is 0. The topological polar surface area (TPSA) is 58.9 Å². The van der Waals surface area contributed by atoms with Crippen LogP contribution in [0, 0.1) is 0 Å². The van der Waals surface area contributed by atoms with E-state index in [1.807, 2.05) is 48.5 Å². The van der Waals surface area contributed by atoms with Gasteiger partial charge in [-0.2, -0.15) is 0 Å². The molecular weight excluding hydrogens is 250 g/mol. The van der Waals surface area contributed by atoms with Crippen LogP contribution in [0.15, 0.2) is 85.6 Å². The first-order valence-electron chi connectivity index (χ1n) is 6.14. The maximum Gasteiger partial charge on any atom is 0.0852 e. The van der Waals surface area contributed by atoms with Crippen LogP contribution in [0.4, 0.5) is 0 Å². The zero-order chi connectivity index (χ0) is 14.3. The molecule has 0 amide bonds. The van der Waals surface area contributed by atoms with Gasteiger partial charge in [-0.1, -0.05) is 18.2 Å². The Hall–Kier alpha value is -2.59. The Morgan fingerprint density at radius 2 is 1.15 bits per heavy atom. The van der Waals surface area contributed by atoms with E-state index in [1.54, 1.807) is 37.1 Å². The van der Waals surface area contributed by atoms with Gasteiger partial charge in [-0.3, -0.25) is 15.0 Å². The van der Waals surface area contributed by atoms with Crippen LogP contribution in [0.25, 0.3) is 0 Å². The molecule has 4 nitrogen and oxygen atoms in total. The summed E-state index contributed by atoms with van der Waals surface area (Å²) in [6, 6.07) is 16.9. The van der Waals surface area contributed by atoms with Crippen LogP contribution in [0.5, 0.6) is 0 Å². The highest BCUT2D eigenvalue weighted by Crippen LogP contribution is 1.89. The van der Waals surface area contributed by atoms with Crippen LogP contribution >= 0.6 is 0 Å². The Kier molecular flexibility index (Phi) is 8.89. The van der Waals surface area contributed by atoms with Crippen molar-refractivity contribution in [1.82, 2.24) is 15.0 Å². The van der Waals surface area contributed by atoms with Gasteiger partial charge in [-0.05, 0) is 36.4 Å². The van der Waals surface area contributed by atoms with E-state index in [-0.39, 0.29) is 6.61 Å². The quantitative estimate of drug-likeness (QED) is 0.736. The summed E-state index contributed by atoms with van der Waals surface area (Å²) >= 11 is 0. The molecule has 20 heavy (non-hydrogen) atoms. The normalized spacial score (nSPS) is 8.45. The molecular formula is C16H17N3O. The van der Waals surface area contributed by atoms with E-state index in [0.29, 0.717) is 5.69 Å². The minimum atomic E-state index is 0.0286. The van der Waals surface area contributed by atoms with Crippen molar-refractivity contribution in [3.8, 4) is 0 Å². The van der Waals surface area contributed by atoms with Gasteiger partial charge in [0.1, 0.15) is 0 Å². The number of hydrogen-bond acceptors (Lipinski definition) is 4. The predicted octanol–water partition coefficient (Wildman–Crippen LogP) is 2.74. The molecule has 0 fully saturated rings. The molecule has 0 saturated carbocycles. The van der Waals surface area contributed by atoms with Gasteiger partial charge in [0.05, 0.1) is 12.3 Å². The lowest BCUT2D eigenvalue weighted by atomic mass is 10.4. The number of aliphatic hydroxyl groups excluding tert-OH is 1. The SMILES string of the molecule is OCc1ccccn1.c1ccncc1.c1ccncc1. The molecule has 3 rings (SSSR count). The van der Waals surface area contributed by atoms with Gasteiger partial charge in [0, 0.05) is 31.0 Å². The van der Waals surface area contributed by atoms with E-state index in [0.717, 1.165) is 0 Å². The smallest absolute Gasteiger partial charge is 0.0852 e. The van der Waals surface area contributed by atoms with Gasteiger partial charge in [0.15, 0.2) is 0 Å². The maximum atomic E-state index is 8.48. The summed E-state index contributed by atoms with van der Waals surface area (Å²) in [6.45, 7) is 0.0286. The lowest BCUT2D eigenvalue weighted by Gasteiger charge is -1.88. The first-order chi connectivity index (χ1) is 9.93. The monoisotopic (exact) mass is 267 g/mol. The fourth-order valence-electron chi connectivity index (χ4n) is 1.12. The number of aliphatic hydroxyl groups is 1. The van der Waals surface area contributed by atoms with Gasteiger partial charge >= 0.3 is 0 Å². The molecule has 0 aromatic carbocycles. The van der Waals surface area contributed by atoms with Crippen molar-refractivity contribution in [2.75, 3.05) is 0 Å². The minimum Gasteiger partial charge on any atom is -0.390 e. The molecule has 0 atom stereocenters. The zero-order valence-corrected chi connectivity index (χ0v) is 11.1. The molecule has 0 bridgehead atoms. The molecule has 0 aliphatic heterocycles. The van der Waals surface area contributed by atoms with Crippen molar-refractivity contribution in [2.45, 2.75) is 6.61 Å². The Morgan fingerprint density at radius 1 is 0.650 bits per heavy atom. The number of hydrogen-bond donors (Lipinski definition) is 1. The summed E-state index contributed by atoms with van der Waals surface area (Å²) in [5, 5.41) is 8.48. The fourth-order valence-corrected chi connectivity index (χ4v) is 1.12. The number of rotatable bonds is 1. The highest BCUT2D eigenvalue weighted by Gasteiger charge is 1.82. The molecule has 4 heteroatoms. The van der Waals surface area contributed by atoms with E-state index < -0.39 is 0 Å². The molecule has 3 aromatic rings. The summed E-state index contributed by atoms with van der Waals surface area (Å²) in [5.74, 6) is 0. The zero-order valence-electron chi connectivity index (χ0n) is 11.1. The lowest BCUT2D eigenvalue weighted by Crippen LogP contribution is -1.84. The molecule has 3 heterocycles. The average Bonchev–Trinajstić information content (AvgIpc) is 2.60.